The zero-order valence-corrected chi connectivity index (χ0v) is 15.0. The van der Waals surface area contributed by atoms with Crippen molar-refractivity contribution >= 4 is 5.95 Å². The SMILES string of the molecule is CCCn1cc(CN2CCCC[C@@H]2c2ccnc(N(C)C)n2)cn1. The van der Waals surface area contributed by atoms with Gasteiger partial charge in [0.1, 0.15) is 0 Å². The molecule has 1 saturated heterocycles. The first kappa shape index (κ1) is 16.9. The minimum atomic E-state index is 0.370. The summed E-state index contributed by atoms with van der Waals surface area (Å²) in [6.07, 6.45) is 10.9. The van der Waals surface area contributed by atoms with Crippen LogP contribution in [0, 0.1) is 0 Å². The van der Waals surface area contributed by atoms with Gasteiger partial charge in [0, 0.05) is 45.1 Å². The van der Waals surface area contributed by atoms with Crippen molar-refractivity contribution in [2.75, 3.05) is 25.5 Å². The van der Waals surface area contributed by atoms with E-state index >= 15 is 0 Å². The van der Waals surface area contributed by atoms with Crippen LogP contribution in [-0.2, 0) is 13.1 Å². The first-order valence-corrected chi connectivity index (χ1v) is 8.93. The summed E-state index contributed by atoms with van der Waals surface area (Å²) in [5.41, 5.74) is 2.42. The fourth-order valence-electron chi connectivity index (χ4n) is 3.35. The molecule has 24 heavy (non-hydrogen) atoms. The predicted molar refractivity (Wildman–Crippen MR) is 95.9 cm³/mol. The smallest absolute Gasteiger partial charge is 0.225 e. The molecule has 0 unspecified atom stereocenters. The lowest BCUT2D eigenvalue weighted by Crippen LogP contribution is -2.33. The monoisotopic (exact) mass is 328 g/mol. The third-order valence-corrected chi connectivity index (χ3v) is 4.54. The Bertz CT molecular complexity index is 650. The molecule has 0 bridgehead atoms. The maximum Gasteiger partial charge on any atom is 0.225 e. The lowest BCUT2D eigenvalue weighted by atomic mass is 9.98. The van der Waals surface area contributed by atoms with Gasteiger partial charge < -0.3 is 4.90 Å². The van der Waals surface area contributed by atoms with Crippen molar-refractivity contribution in [1.29, 1.82) is 0 Å². The molecule has 6 nitrogen and oxygen atoms in total. The summed E-state index contributed by atoms with van der Waals surface area (Å²) in [6, 6.07) is 2.44. The quantitative estimate of drug-likeness (QED) is 0.816. The Morgan fingerprint density at radius 2 is 2.17 bits per heavy atom. The highest BCUT2D eigenvalue weighted by atomic mass is 15.3. The molecule has 0 aliphatic carbocycles. The van der Waals surface area contributed by atoms with Crippen LogP contribution in [0.15, 0.2) is 24.7 Å². The van der Waals surface area contributed by atoms with Crippen molar-refractivity contribution in [2.24, 2.45) is 0 Å². The fourth-order valence-corrected chi connectivity index (χ4v) is 3.35. The Kier molecular flexibility index (Phi) is 5.45. The first-order valence-electron chi connectivity index (χ1n) is 8.93. The minimum absolute atomic E-state index is 0.370. The van der Waals surface area contributed by atoms with Crippen LogP contribution in [0.2, 0.25) is 0 Å². The average molecular weight is 328 g/mol. The summed E-state index contributed by atoms with van der Waals surface area (Å²) < 4.78 is 2.04. The molecule has 0 N–H and O–H groups in total. The number of rotatable bonds is 6. The molecule has 0 spiro atoms. The Hall–Kier alpha value is -1.95. The molecule has 0 saturated carbocycles. The number of aromatic nitrogens is 4. The third kappa shape index (κ3) is 3.93. The number of nitrogens with zero attached hydrogens (tertiary/aromatic N) is 6. The molecule has 2 aromatic heterocycles. The summed E-state index contributed by atoms with van der Waals surface area (Å²) in [4.78, 5) is 13.6. The summed E-state index contributed by atoms with van der Waals surface area (Å²) in [7, 11) is 3.97. The minimum Gasteiger partial charge on any atom is -0.347 e. The molecule has 1 atom stereocenters. The highest BCUT2D eigenvalue weighted by Crippen LogP contribution is 2.31. The van der Waals surface area contributed by atoms with Crippen LogP contribution in [-0.4, -0.2) is 45.3 Å². The third-order valence-electron chi connectivity index (χ3n) is 4.54. The highest BCUT2D eigenvalue weighted by molar-refractivity contribution is 5.28. The predicted octanol–water partition coefficient (Wildman–Crippen LogP) is 2.88. The van der Waals surface area contributed by atoms with Crippen molar-refractivity contribution in [1.82, 2.24) is 24.6 Å². The Balaban J connectivity index is 1.76. The largest absolute Gasteiger partial charge is 0.347 e. The van der Waals surface area contributed by atoms with Crippen LogP contribution in [0.1, 0.15) is 49.9 Å². The van der Waals surface area contributed by atoms with E-state index in [9.17, 15) is 0 Å². The van der Waals surface area contributed by atoms with E-state index in [1.165, 1.54) is 18.4 Å². The molecule has 0 radical (unpaired) electrons. The van der Waals surface area contributed by atoms with Crippen molar-refractivity contribution in [2.45, 2.75) is 51.7 Å². The van der Waals surface area contributed by atoms with E-state index in [2.05, 4.69) is 34.2 Å². The molecule has 2 aromatic rings. The number of anilines is 1. The van der Waals surface area contributed by atoms with E-state index in [1.807, 2.05) is 36.1 Å². The van der Waals surface area contributed by atoms with E-state index in [0.29, 0.717) is 6.04 Å². The molecule has 1 fully saturated rings. The molecule has 1 aliphatic heterocycles. The van der Waals surface area contributed by atoms with Crippen LogP contribution < -0.4 is 4.90 Å². The van der Waals surface area contributed by atoms with Crippen molar-refractivity contribution < 1.29 is 0 Å². The van der Waals surface area contributed by atoms with Gasteiger partial charge in [0.05, 0.1) is 17.9 Å². The highest BCUT2D eigenvalue weighted by Gasteiger charge is 2.26. The Morgan fingerprint density at radius 1 is 1.29 bits per heavy atom. The summed E-state index contributed by atoms with van der Waals surface area (Å²) >= 11 is 0. The second-order valence-electron chi connectivity index (χ2n) is 6.77. The summed E-state index contributed by atoms with van der Waals surface area (Å²) in [5.74, 6) is 0.786. The van der Waals surface area contributed by atoms with Gasteiger partial charge in [0.2, 0.25) is 5.95 Å². The van der Waals surface area contributed by atoms with Gasteiger partial charge in [-0.2, -0.15) is 5.10 Å². The number of likely N-dealkylation sites (tertiary alicyclic amines) is 1. The average Bonchev–Trinajstić information content (AvgIpc) is 3.03. The Labute approximate surface area is 144 Å². The molecule has 0 aromatic carbocycles. The Morgan fingerprint density at radius 3 is 2.96 bits per heavy atom. The van der Waals surface area contributed by atoms with Gasteiger partial charge in [-0.3, -0.25) is 9.58 Å². The zero-order chi connectivity index (χ0) is 16.9. The van der Waals surface area contributed by atoms with E-state index in [4.69, 9.17) is 4.98 Å². The lowest BCUT2D eigenvalue weighted by Gasteiger charge is -2.35. The molecular weight excluding hydrogens is 300 g/mol. The molecule has 6 heteroatoms. The van der Waals surface area contributed by atoms with Gasteiger partial charge in [-0.25, -0.2) is 9.97 Å². The van der Waals surface area contributed by atoms with Gasteiger partial charge in [-0.15, -0.1) is 0 Å². The molecule has 3 rings (SSSR count). The number of hydrogen-bond acceptors (Lipinski definition) is 5. The molecule has 130 valence electrons. The number of hydrogen-bond donors (Lipinski definition) is 0. The van der Waals surface area contributed by atoms with E-state index in [0.717, 1.165) is 44.1 Å². The van der Waals surface area contributed by atoms with Gasteiger partial charge in [-0.1, -0.05) is 13.3 Å². The van der Waals surface area contributed by atoms with Gasteiger partial charge >= 0.3 is 0 Å². The van der Waals surface area contributed by atoms with Crippen molar-refractivity contribution in [3.05, 3.63) is 35.9 Å². The first-order chi connectivity index (χ1) is 11.7. The second-order valence-corrected chi connectivity index (χ2v) is 6.77. The molecule has 1 aliphatic rings. The molecular formula is C18H28N6. The van der Waals surface area contributed by atoms with E-state index in [1.54, 1.807) is 0 Å². The van der Waals surface area contributed by atoms with Gasteiger partial charge in [0.15, 0.2) is 0 Å². The summed E-state index contributed by atoms with van der Waals surface area (Å²) in [6.45, 7) is 5.22. The fraction of sp³-hybridized carbons (Fsp3) is 0.611. The summed E-state index contributed by atoms with van der Waals surface area (Å²) in [5, 5.41) is 4.46. The van der Waals surface area contributed by atoms with Gasteiger partial charge in [0.25, 0.3) is 0 Å². The standard InChI is InChI=1S/C18H28N6/c1-4-10-24-14-15(12-20-24)13-23-11-6-5-7-17(23)16-8-9-19-18(21-16)22(2)3/h8-9,12,14,17H,4-7,10-11,13H2,1-3H3/t17-/m1/s1. The maximum atomic E-state index is 4.77. The van der Waals surface area contributed by atoms with Crippen LogP contribution in [0.5, 0.6) is 0 Å². The molecule has 0 amide bonds. The van der Waals surface area contributed by atoms with E-state index < -0.39 is 0 Å². The van der Waals surface area contributed by atoms with Crippen LogP contribution in [0.3, 0.4) is 0 Å². The second kappa shape index (κ2) is 7.75. The number of piperidine rings is 1. The lowest BCUT2D eigenvalue weighted by molar-refractivity contribution is 0.137. The van der Waals surface area contributed by atoms with Crippen LogP contribution in [0.25, 0.3) is 0 Å². The van der Waals surface area contributed by atoms with Gasteiger partial charge in [-0.05, 0) is 31.9 Å². The zero-order valence-electron chi connectivity index (χ0n) is 15.0. The normalized spacial score (nSPS) is 18.7. The van der Waals surface area contributed by atoms with Crippen LogP contribution >= 0.6 is 0 Å². The van der Waals surface area contributed by atoms with E-state index in [-0.39, 0.29) is 0 Å². The van der Waals surface area contributed by atoms with Crippen molar-refractivity contribution in [3.63, 3.8) is 0 Å². The van der Waals surface area contributed by atoms with Crippen LogP contribution in [0.4, 0.5) is 5.95 Å². The maximum absolute atomic E-state index is 4.77. The van der Waals surface area contributed by atoms with Crippen molar-refractivity contribution in [3.8, 4) is 0 Å². The topological polar surface area (TPSA) is 50.1 Å². The number of aryl methyl sites for hydroxylation is 1. The molecule has 3 heterocycles.